The number of hydrogen-bond acceptors (Lipinski definition) is 2. The highest BCUT2D eigenvalue weighted by Gasteiger charge is 2.04. The molecule has 0 unspecified atom stereocenters. The Kier molecular flexibility index (Phi) is 3.87. The molecule has 0 radical (unpaired) electrons. The van der Waals surface area contributed by atoms with Gasteiger partial charge in [-0.15, -0.1) is 0 Å². The number of halogens is 1. The van der Waals surface area contributed by atoms with Crippen LogP contribution in [-0.4, -0.2) is 6.54 Å². The standard InChI is InChI=1S/C12H16ClNO/c13-12-6-5-11(15-12)9-14-8-7-10-3-1-2-4-10/h3,5-6,14H,1-2,4,7-9H2. The Bertz CT molecular complexity index is 343. The average Bonchev–Trinajstić information content (AvgIpc) is 2.84. The van der Waals surface area contributed by atoms with E-state index in [2.05, 4.69) is 11.4 Å². The van der Waals surface area contributed by atoms with Crippen LogP contribution in [-0.2, 0) is 6.54 Å². The zero-order chi connectivity index (χ0) is 10.5. The van der Waals surface area contributed by atoms with Crippen LogP contribution in [0.2, 0.25) is 5.22 Å². The summed E-state index contributed by atoms with van der Waals surface area (Å²) in [4.78, 5) is 0. The fourth-order valence-electron chi connectivity index (χ4n) is 1.87. The van der Waals surface area contributed by atoms with Gasteiger partial charge in [0, 0.05) is 0 Å². The van der Waals surface area contributed by atoms with Gasteiger partial charge in [0.05, 0.1) is 6.54 Å². The predicted molar refractivity (Wildman–Crippen MR) is 62.0 cm³/mol. The van der Waals surface area contributed by atoms with Gasteiger partial charge in [-0.1, -0.05) is 11.6 Å². The largest absolute Gasteiger partial charge is 0.448 e. The van der Waals surface area contributed by atoms with Gasteiger partial charge in [0.1, 0.15) is 5.76 Å². The summed E-state index contributed by atoms with van der Waals surface area (Å²) in [5.41, 5.74) is 1.60. The van der Waals surface area contributed by atoms with Crippen LogP contribution in [0.3, 0.4) is 0 Å². The highest BCUT2D eigenvalue weighted by atomic mass is 35.5. The van der Waals surface area contributed by atoms with Crippen molar-refractivity contribution >= 4 is 11.6 Å². The van der Waals surface area contributed by atoms with E-state index in [1.54, 1.807) is 11.6 Å². The van der Waals surface area contributed by atoms with Crippen LogP contribution in [0, 0.1) is 0 Å². The molecule has 0 saturated heterocycles. The van der Waals surface area contributed by atoms with E-state index in [4.69, 9.17) is 16.0 Å². The molecule has 0 aromatic carbocycles. The minimum absolute atomic E-state index is 0.463. The summed E-state index contributed by atoms with van der Waals surface area (Å²) in [6.45, 7) is 1.78. The molecule has 2 nitrogen and oxygen atoms in total. The summed E-state index contributed by atoms with van der Waals surface area (Å²) in [6.07, 6.45) is 7.42. The summed E-state index contributed by atoms with van der Waals surface area (Å²) >= 11 is 5.67. The Balaban J connectivity index is 1.62. The lowest BCUT2D eigenvalue weighted by atomic mass is 10.2. The van der Waals surface area contributed by atoms with E-state index in [-0.39, 0.29) is 0 Å². The van der Waals surface area contributed by atoms with E-state index in [0.29, 0.717) is 5.22 Å². The van der Waals surface area contributed by atoms with E-state index < -0.39 is 0 Å². The molecule has 0 spiro atoms. The van der Waals surface area contributed by atoms with E-state index in [1.165, 1.54) is 19.3 Å². The van der Waals surface area contributed by atoms with Crippen LogP contribution in [0.15, 0.2) is 28.2 Å². The molecular weight excluding hydrogens is 210 g/mol. The molecule has 82 valence electrons. The maximum Gasteiger partial charge on any atom is 0.193 e. The molecule has 0 atom stereocenters. The van der Waals surface area contributed by atoms with Crippen molar-refractivity contribution in [3.05, 3.63) is 34.8 Å². The van der Waals surface area contributed by atoms with E-state index in [0.717, 1.165) is 25.3 Å². The molecular formula is C12H16ClNO. The Morgan fingerprint density at radius 3 is 3.00 bits per heavy atom. The van der Waals surface area contributed by atoms with Crippen molar-refractivity contribution in [2.75, 3.05) is 6.54 Å². The summed E-state index contributed by atoms with van der Waals surface area (Å²) in [5.74, 6) is 0.903. The first-order chi connectivity index (χ1) is 7.34. The SMILES string of the molecule is Clc1ccc(CNCCC2=CCCC2)o1. The fourth-order valence-corrected chi connectivity index (χ4v) is 2.03. The van der Waals surface area contributed by atoms with Crippen molar-refractivity contribution in [3.8, 4) is 0 Å². The maximum atomic E-state index is 5.67. The van der Waals surface area contributed by atoms with Crippen LogP contribution in [0.1, 0.15) is 31.4 Å². The quantitative estimate of drug-likeness (QED) is 0.613. The zero-order valence-electron chi connectivity index (χ0n) is 8.76. The third-order valence-corrected chi connectivity index (χ3v) is 2.89. The predicted octanol–water partition coefficient (Wildman–Crippen LogP) is 3.52. The van der Waals surface area contributed by atoms with Gasteiger partial charge in [-0.25, -0.2) is 0 Å². The summed E-state index contributed by atoms with van der Waals surface area (Å²) in [5, 5.41) is 3.81. The van der Waals surface area contributed by atoms with Crippen LogP contribution in [0.5, 0.6) is 0 Å². The van der Waals surface area contributed by atoms with Crippen molar-refractivity contribution < 1.29 is 4.42 Å². The van der Waals surface area contributed by atoms with Crippen LogP contribution in [0.4, 0.5) is 0 Å². The monoisotopic (exact) mass is 225 g/mol. The second-order valence-corrected chi connectivity index (χ2v) is 4.26. The lowest BCUT2D eigenvalue weighted by Gasteiger charge is -2.03. The van der Waals surface area contributed by atoms with Crippen LogP contribution in [0.25, 0.3) is 0 Å². The van der Waals surface area contributed by atoms with Crippen molar-refractivity contribution in [3.63, 3.8) is 0 Å². The average molecular weight is 226 g/mol. The normalized spacial score (nSPS) is 15.7. The van der Waals surface area contributed by atoms with E-state index in [9.17, 15) is 0 Å². The van der Waals surface area contributed by atoms with Gasteiger partial charge >= 0.3 is 0 Å². The molecule has 2 rings (SSSR count). The first-order valence-corrected chi connectivity index (χ1v) is 5.85. The van der Waals surface area contributed by atoms with Gasteiger partial charge in [0.15, 0.2) is 5.22 Å². The van der Waals surface area contributed by atoms with E-state index in [1.807, 2.05) is 6.07 Å². The number of furan rings is 1. The van der Waals surface area contributed by atoms with Crippen molar-refractivity contribution in [1.82, 2.24) is 5.32 Å². The number of rotatable bonds is 5. The first-order valence-electron chi connectivity index (χ1n) is 5.47. The molecule has 0 fully saturated rings. The third kappa shape index (κ3) is 3.40. The second kappa shape index (κ2) is 5.38. The van der Waals surface area contributed by atoms with Crippen molar-refractivity contribution in [1.29, 1.82) is 0 Å². The minimum atomic E-state index is 0.463. The Morgan fingerprint density at radius 1 is 1.40 bits per heavy atom. The molecule has 0 aliphatic heterocycles. The van der Waals surface area contributed by atoms with Gasteiger partial charge in [0.2, 0.25) is 0 Å². The lowest BCUT2D eigenvalue weighted by molar-refractivity contribution is 0.485. The zero-order valence-corrected chi connectivity index (χ0v) is 9.52. The fraction of sp³-hybridized carbons (Fsp3) is 0.500. The molecule has 1 heterocycles. The third-order valence-electron chi connectivity index (χ3n) is 2.69. The Labute approximate surface area is 95.3 Å². The van der Waals surface area contributed by atoms with Gasteiger partial charge in [-0.2, -0.15) is 0 Å². The summed E-state index contributed by atoms with van der Waals surface area (Å²) in [7, 11) is 0. The van der Waals surface area contributed by atoms with Crippen molar-refractivity contribution in [2.24, 2.45) is 0 Å². The molecule has 1 aliphatic rings. The molecule has 0 bridgehead atoms. The maximum absolute atomic E-state index is 5.67. The topological polar surface area (TPSA) is 25.2 Å². The second-order valence-electron chi connectivity index (χ2n) is 3.89. The molecule has 15 heavy (non-hydrogen) atoms. The van der Waals surface area contributed by atoms with Crippen LogP contribution < -0.4 is 5.32 Å². The highest BCUT2D eigenvalue weighted by Crippen LogP contribution is 2.19. The van der Waals surface area contributed by atoms with Crippen LogP contribution >= 0.6 is 11.6 Å². The van der Waals surface area contributed by atoms with Crippen molar-refractivity contribution in [2.45, 2.75) is 32.2 Å². The van der Waals surface area contributed by atoms with Gasteiger partial charge in [-0.05, 0) is 56.0 Å². The first kappa shape index (κ1) is 10.8. The Morgan fingerprint density at radius 2 is 2.33 bits per heavy atom. The molecule has 0 amide bonds. The highest BCUT2D eigenvalue weighted by molar-refractivity contribution is 6.28. The molecule has 1 aromatic heterocycles. The van der Waals surface area contributed by atoms with Gasteiger partial charge < -0.3 is 9.73 Å². The summed E-state index contributed by atoms with van der Waals surface area (Å²) < 4.78 is 5.24. The number of allylic oxidation sites excluding steroid dienone is 1. The smallest absolute Gasteiger partial charge is 0.193 e. The number of nitrogens with one attached hydrogen (secondary N) is 1. The van der Waals surface area contributed by atoms with Gasteiger partial charge in [0.25, 0.3) is 0 Å². The molecule has 1 N–H and O–H groups in total. The summed E-state index contributed by atoms with van der Waals surface area (Å²) in [6, 6.07) is 3.68. The minimum Gasteiger partial charge on any atom is -0.448 e. The van der Waals surface area contributed by atoms with E-state index >= 15 is 0 Å². The lowest BCUT2D eigenvalue weighted by Crippen LogP contribution is -2.14. The molecule has 1 aromatic rings. The molecule has 1 aliphatic carbocycles. The molecule has 0 saturated carbocycles. The number of hydrogen-bond donors (Lipinski definition) is 1. The van der Waals surface area contributed by atoms with Gasteiger partial charge in [-0.3, -0.25) is 0 Å². The molecule has 3 heteroatoms. The Hall–Kier alpha value is -0.730.